The lowest BCUT2D eigenvalue weighted by atomic mass is 9.90. The fraction of sp³-hybridized carbons (Fsp3) is 0.273. The van der Waals surface area contributed by atoms with Crippen LogP contribution in [-0.4, -0.2) is 67.0 Å². The van der Waals surface area contributed by atoms with Crippen LogP contribution in [0.3, 0.4) is 0 Å². The zero-order chi connectivity index (χ0) is 40.6. The predicted octanol–water partition coefficient (Wildman–Crippen LogP) is 7.96. The molecule has 4 heterocycles. The number of benzene rings is 4. The van der Waals surface area contributed by atoms with Gasteiger partial charge in [-0.2, -0.15) is 13.4 Å². The summed E-state index contributed by atoms with van der Waals surface area (Å²) in [5, 5.41) is 9.88. The van der Waals surface area contributed by atoms with Crippen molar-refractivity contribution in [2.45, 2.75) is 33.1 Å². The molecule has 0 bridgehead atoms. The Kier molecular flexibility index (Phi) is 12.3. The second kappa shape index (κ2) is 17.9. The maximum Gasteiger partial charge on any atom is 0.308 e. The first-order valence-corrected chi connectivity index (χ1v) is 20.7. The summed E-state index contributed by atoms with van der Waals surface area (Å²) in [7, 11) is -3.41. The summed E-state index contributed by atoms with van der Waals surface area (Å²) in [5.41, 5.74) is 5.98. The molecule has 4 aromatic carbocycles. The van der Waals surface area contributed by atoms with Crippen LogP contribution in [0, 0.1) is 25.7 Å². The highest BCUT2D eigenvalue weighted by atomic mass is 32.2. The normalized spacial score (nSPS) is 15.3. The van der Waals surface area contributed by atoms with Crippen molar-refractivity contribution in [2.24, 2.45) is 11.8 Å². The number of hydrogen-bond acceptors (Lipinski definition) is 12. The van der Waals surface area contributed by atoms with E-state index in [1.807, 2.05) is 121 Å². The van der Waals surface area contributed by atoms with E-state index in [1.165, 1.54) is 0 Å². The molecule has 3 aromatic heterocycles. The number of carboxylic acids is 1. The minimum Gasteiger partial charge on any atom is -0.493 e. The SMILES string of the molecule is Cc1oc(-c2ccccc2)nc1CCOS(C)(=O)=O.Cc1oc(-c2ccccc2)nc1CCOc1ccc(C[C@@H]2CN(c3nc4ccccc4o3)C[C@@H]2C(=O)O)cc1. The first-order chi connectivity index (χ1) is 28.0. The van der Waals surface area contributed by atoms with Gasteiger partial charge in [0, 0.05) is 37.1 Å². The number of nitrogens with zero attached hydrogens (tertiary/aromatic N) is 4. The number of aliphatic carboxylic acids is 1. The molecule has 2 atom stereocenters. The van der Waals surface area contributed by atoms with E-state index in [9.17, 15) is 18.3 Å². The van der Waals surface area contributed by atoms with Crippen LogP contribution in [0.1, 0.15) is 28.5 Å². The number of fused-ring (bicyclic) bond motifs is 1. The Morgan fingerprint density at radius 2 is 1.31 bits per heavy atom. The van der Waals surface area contributed by atoms with Gasteiger partial charge in [0.25, 0.3) is 16.1 Å². The van der Waals surface area contributed by atoms with Crippen LogP contribution in [0.5, 0.6) is 5.75 Å². The Morgan fingerprint density at radius 3 is 1.88 bits per heavy atom. The molecule has 58 heavy (non-hydrogen) atoms. The van der Waals surface area contributed by atoms with Crippen LogP contribution in [0.2, 0.25) is 0 Å². The quantitative estimate of drug-likeness (QED) is 0.105. The van der Waals surface area contributed by atoms with Gasteiger partial charge < -0.3 is 28.0 Å². The highest BCUT2D eigenvalue weighted by Gasteiger charge is 2.39. The third-order valence-corrected chi connectivity index (χ3v) is 10.4. The number of carbonyl (C=O) groups is 1. The molecule has 0 radical (unpaired) electrons. The fourth-order valence-electron chi connectivity index (χ4n) is 6.82. The lowest BCUT2D eigenvalue weighted by molar-refractivity contribution is -0.142. The number of aryl methyl sites for hydroxylation is 2. The van der Waals surface area contributed by atoms with Gasteiger partial charge in [-0.3, -0.25) is 8.98 Å². The molecule has 7 aromatic rings. The van der Waals surface area contributed by atoms with Gasteiger partial charge in [0.15, 0.2) is 5.58 Å². The van der Waals surface area contributed by atoms with Crippen molar-refractivity contribution < 1.29 is 40.5 Å². The topological polar surface area (TPSA) is 171 Å². The molecule has 1 fully saturated rings. The van der Waals surface area contributed by atoms with Crippen LogP contribution in [0.25, 0.3) is 34.0 Å². The summed E-state index contributed by atoms with van der Waals surface area (Å²) in [4.78, 5) is 27.5. The number of aromatic nitrogens is 3. The summed E-state index contributed by atoms with van der Waals surface area (Å²) < 4.78 is 49.7. The Bertz CT molecular complexity index is 2520. The van der Waals surface area contributed by atoms with E-state index in [0.29, 0.717) is 73.8 Å². The molecule has 8 rings (SSSR count). The number of anilines is 1. The highest BCUT2D eigenvalue weighted by Crippen LogP contribution is 2.33. The third-order valence-electron chi connectivity index (χ3n) is 9.80. The largest absolute Gasteiger partial charge is 0.493 e. The second-order valence-electron chi connectivity index (χ2n) is 14.1. The van der Waals surface area contributed by atoms with Gasteiger partial charge in [0.2, 0.25) is 11.8 Å². The van der Waals surface area contributed by atoms with Gasteiger partial charge in [0.05, 0.1) is 36.8 Å². The molecule has 1 N–H and O–H groups in total. The number of ether oxygens (including phenoxy) is 1. The van der Waals surface area contributed by atoms with Crippen LogP contribution in [0.4, 0.5) is 6.01 Å². The minimum absolute atomic E-state index is 0.0572. The summed E-state index contributed by atoms with van der Waals surface area (Å²) >= 11 is 0. The monoisotopic (exact) mass is 804 g/mol. The molecule has 1 aliphatic heterocycles. The highest BCUT2D eigenvalue weighted by molar-refractivity contribution is 7.85. The zero-order valence-electron chi connectivity index (χ0n) is 32.4. The average molecular weight is 805 g/mol. The van der Waals surface area contributed by atoms with E-state index >= 15 is 0 Å². The van der Waals surface area contributed by atoms with Gasteiger partial charge in [-0.05, 0) is 80.3 Å². The van der Waals surface area contributed by atoms with Crippen LogP contribution in [0.15, 0.2) is 122 Å². The molecule has 1 saturated heterocycles. The van der Waals surface area contributed by atoms with Crippen molar-refractivity contribution in [1.29, 1.82) is 0 Å². The molecular weight excluding hydrogens is 761 g/mol. The van der Waals surface area contributed by atoms with Gasteiger partial charge in [0.1, 0.15) is 22.8 Å². The number of carboxylic acid groups (broad SMARTS) is 1. The van der Waals surface area contributed by atoms with Gasteiger partial charge in [-0.25, -0.2) is 9.97 Å². The number of rotatable bonds is 14. The zero-order valence-corrected chi connectivity index (χ0v) is 33.2. The standard InChI is InChI=1S/C31H29N3O5.C13H15NO4S/c1-20-26(32-29(38-20)22-7-3-2-4-8-22)15-16-37-24-13-11-21(12-14-24)17-23-18-34(19-25(23)30(35)36)31-33-27-9-5-6-10-28(27)39-31;1-10-12(8-9-17-19(2,15)16)14-13(18-10)11-6-4-3-5-7-11/h2-14,23,25H,15-19H2,1H3,(H,35,36);3-7H,8-9H2,1-2H3/t23-,25+;/m1./s1. The lowest BCUT2D eigenvalue weighted by Crippen LogP contribution is -2.24. The second-order valence-corrected chi connectivity index (χ2v) is 15.7. The molecule has 0 unspecified atom stereocenters. The smallest absolute Gasteiger partial charge is 0.308 e. The van der Waals surface area contributed by atoms with Crippen molar-refractivity contribution in [2.75, 3.05) is 37.5 Å². The van der Waals surface area contributed by atoms with Gasteiger partial charge in [-0.1, -0.05) is 60.7 Å². The molecule has 0 amide bonds. The first kappa shape index (κ1) is 40.0. The van der Waals surface area contributed by atoms with Crippen LogP contribution >= 0.6 is 0 Å². The van der Waals surface area contributed by atoms with E-state index < -0.39 is 22.0 Å². The molecule has 0 saturated carbocycles. The first-order valence-electron chi connectivity index (χ1n) is 18.9. The molecule has 0 spiro atoms. The Morgan fingerprint density at radius 1 is 0.741 bits per heavy atom. The molecule has 300 valence electrons. The van der Waals surface area contributed by atoms with E-state index in [4.69, 9.17) is 22.2 Å². The number of oxazole rings is 3. The van der Waals surface area contributed by atoms with Crippen LogP contribution < -0.4 is 9.64 Å². The molecule has 14 heteroatoms. The summed E-state index contributed by atoms with van der Waals surface area (Å²) in [6, 6.07) is 35.3. The Labute approximate surface area is 336 Å². The predicted molar refractivity (Wildman–Crippen MR) is 218 cm³/mol. The van der Waals surface area contributed by atoms with Crippen molar-refractivity contribution in [3.05, 3.63) is 138 Å². The molecule has 13 nitrogen and oxygen atoms in total. The van der Waals surface area contributed by atoms with Crippen molar-refractivity contribution >= 4 is 33.2 Å². The third kappa shape index (κ3) is 10.2. The van der Waals surface area contributed by atoms with Crippen LogP contribution in [-0.2, 0) is 38.4 Å². The van der Waals surface area contributed by atoms with E-state index in [-0.39, 0.29) is 12.5 Å². The molecular formula is C44H44N4O9S. The summed E-state index contributed by atoms with van der Waals surface area (Å²) in [6.07, 6.45) is 2.71. The maximum atomic E-state index is 12.0. The van der Waals surface area contributed by atoms with Crippen molar-refractivity contribution in [3.8, 4) is 28.7 Å². The summed E-state index contributed by atoms with van der Waals surface area (Å²) in [6.45, 7) is 5.22. The van der Waals surface area contributed by atoms with Crippen molar-refractivity contribution in [3.63, 3.8) is 0 Å². The minimum atomic E-state index is -3.41. The van der Waals surface area contributed by atoms with E-state index in [2.05, 4.69) is 15.0 Å². The maximum absolute atomic E-state index is 12.0. The Hall–Kier alpha value is -6.25. The number of para-hydroxylation sites is 2. The average Bonchev–Trinajstić information content (AvgIpc) is 4.01. The molecule has 1 aliphatic rings. The lowest BCUT2D eigenvalue weighted by Gasteiger charge is -2.15. The molecule has 0 aliphatic carbocycles. The number of hydrogen-bond donors (Lipinski definition) is 1. The fourth-order valence-corrected chi connectivity index (χ4v) is 7.20. The van der Waals surface area contributed by atoms with Crippen molar-refractivity contribution in [1.82, 2.24) is 15.0 Å². The van der Waals surface area contributed by atoms with E-state index in [1.54, 1.807) is 6.92 Å². The summed E-state index contributed by atoms with van der Waals surface area (Å²) in [5.74, 6) is 2.04. The Balaban J connectivity index is 0.000000226. The van der Waals surface area contributed by atoms with Gasteiger partial charge in [-0.15, -0.1) is 0 Å². The van der Waals surface area contributed by atoms with E-state index in [0.717, 1.165) is 45.7 Å². The van der Waals surface area contributed by atoms with Gasteiger partial charge >= 0.3 is 5.97 Å².